The number of carbonyl (C=O) groups is 2. The standard InChI is InChI=1S/C11H21NO4/c1-8(7-9(13)15-6)12(5)10(14)16-11(2,3)4/h8H,7H2,1-6H3. The second-order valence-corrected chi connectivity index (χ2v) is 4.72. The first kappa shape index (κ1) is 14.7. The third-order valence-corrected chi connectivity index (χ3v) is 2.03. The van der Waals surface area contributed by atoms with Gasteiger partial charge in [0.15, 0.2) is 0 Å². The number of hydrogen-bond acceptors (Lipinski definition) is 4. The number of esters is 1. The molecule has 0 aromatic heterocycles. The minimum absolute atomic E-state index is 0.159. The number of methoxy groups -OCH3 is 1. The van der Waals surface area contributed by atoms with Gasteiger partial charge < -0.3 is 14.4 Å². The molecule has 0 N–H and O–H groups in total. The number of rotatable bonds is 3. The van der Waals surface area contributed by atoms with Gasteiger partial charge in [-0.05, 0) is 27.7 Å². The van der Waals surface area contributed by atoms with E-state index in [2.05, 4.69) is 4.74 Å². The number of amides is 1. The van der Waals surface area contributed by atoms with Gasteiger partial charge in [-0.1, -0.05) is 0 Å². The van der Waals surface area contributed by atoms with Gasteiger partial charge in [0, 0.05) is 13.1 Å². The summed E-state index contributed by atoms with van der Waals surface area (Å²) in [4.78, 5) is 24.0. The molecule has 5 heteroatoms. The van der Waals surface area contributed by atoms with Crippen LogP contribution < -0.4 is 0 Å². The molecule has 5 nitrogen and oxygen atoms in total. The summed E-state index contributed by atoms with van der Waals surface area (Å²) in [6.45, 7) is 7.15. The lowest BCUT2D eigenvalue weighted by Crippen LogP contribution is -2.40. The molecule has 1 unspecified atom stereocenters. The Morgan fingerprint density at radius 1 is 1.31 bits per heavy atom. The molecule has 0 aliphatic carbocycles. The lowest BCUT2D eigenvalue weighted by atomic mass is 10.2. The minimum Gasteiger partial charge on any atom is -0.469 e. The van der Waals surface area contributed by atoms with Gasteiger partial charge in [0.1, 0.15) is 5.60 Å². The van der Waals surface area contributed by atoms with Crippen LogP contribution in [0.4, 0.5) is 4.79 Å². The van der Waals surface area contributed by atoms with Gasteiger partial charge in [-0.3, -0.25) is 4.79 Å². The highest BCUT2D eigenvalue weighted by atomic mass is 16.6. The molecule has 1 atom stereocenters. The van der Waals surface area contributed by atoms with Crippen molar-refractivity contribution in [3.8, 4) is 0 Å². The van der Waals surface area contributed by atoms with E-state index in [1.54, 1.807) is 34.7 Å². The molecule has 0 radical (unpaired) electrons. The van der Waals surface area contributed by atoms with Crippen LogP contribution in [0.3, 0.4) is 0 Å². The van der Waals surface area contributed by atoms with Gasteiger partial charge in [0.25, 0.3) is 0 Å². The predicted molar refractivity (Wildman–Crippen MR) is 60.1 cm³/mol. The summed E-state index contributed by atoms with van der Waals surface area (Å²) in [5, 5.41) is 0. The summed E-state index contributed by atoms with van der Waals surface area (Å²) in [5.74, 6) is -0.345. The minimum atomic E-state index is -0.531. The Hall–Kier alpha value is -1.26. The Morgan fingerprint density at radius 2 is 1.81 bits per heavy atom. The van der Waals surface area contributed by atoms with Crippen molar-refractivity contribution < 1.29 is 19.1 Å². The van der Waals surface area contributed by atoms with Crippen molar-refractivity contribution in [3.05, 3.63) is 0 Å². The normalized spacial score (nSPS) is 12.9. The zero-order valence-corrected chi connectivity index (χ0v) is 10.9. The van der Waals surface area contributed by atoms with Crippen LogP contribution in [0.5, 0.6) is 0 Å². The van der Waals surface area contributed by atoms with Gasteiger partial charge in [0.2, 0.25) is 0 Å². The van der Waals surface area contributed by atoms with Crippen molar-refractivity contribution in [2.45, 2.75) is 45.8 Å². The highest BCUT2D eigenvalue weighted by molar-refractivity contribution is 5.72. The molecule has 0 heterocycles. The molecule has 0 bridgehead atoms. The van der Waals surface area contributed by atoms with Crippen molar-refractivity contribution in [1.82, 2.24) is 4.90 Å². The first-order valence-electron chi connectivity index (χ1n) is 5.20. The van der Waals surface area contributed by atoms with Crippen LogP contribution in [0, 0.1) is 0 Å². The molecular weight excluding hydrogens is 210 g/mol. The molecule has 0 fully saturated rings. The van der Waals surface area contributed by atoms with E-state index in [1.165, 1.54) is 12.0 Å². The fourth-order valence-corrected chi connectivity index (χ4v) is 0.975. The van der Waals surface area contributed by atoms with Crippen molar-refractivity contribution in [3.63, 3.8) is 0 Å². The molecule has 0 aromatic carbocycles. The SMILES string of the molecule is COC(=O)CC(C)N(C)C(=O)OC(C)(C)C. The van der Waals surface area contributed by atoms with Crippen molar-refractivity contribution in [2.24, 2.45) is 0 Å². The molecule has 0 saturated carbocycles. The maximum absolute atomic E-state index is 11.6. The molecule has 94 valence electrons. The van der Waals surface area contributed by atoms with Crippen molar-refractivity contribution >= 4 is 12.1 Å². The third-order valence-electron chi connectivity index (χ3n) is 2.03. The molecular formula is C11H21NO4. The zero-order chi connectivity index (χ0) is 12.9. The van der Waals surface area contributed by atoms with E-state index in [0.29, 0.717) is 0 Å². The molecule has 0 aliphatic rings. The van der Waals surface area contributed by atoms with Gasteiger partial charge in [-0.25, -0.2) is 4.79 Å². The highest BCUT2D eigenvalue weighted by Gasteiger charge is 2.24. The lowest BCUT2D eigenvalue weighted by molar-refractivity contribution is -0.141. The smallest absolute Gasteiger partial charge is 0.410 e. The van der Waals surface area contributed by atoms with E-state index in [0.717, 1.165) is 0 Å². The van der Waals surface area contributed by atoms with E-state index in [4.69, 9.17) is 4.74 Å². The van der Waals surface area contributed by atoms with Gasteiger partial charge >= 0.3 is 12.1 Å². The second-order valence-electron chi connectivity index (χ2n) is 4.72. The van der Waals surface area contributed by atoms with Crippen LogP contribution in [0.1, 0.15) is 34.1 Å². The van der Waals surface area contributed by atoms with Gasteiger partial charge in [-0.15, -0.1) is 0 Å². The summed E-state index contributed by atoms with van der Waals surface area (Å²) >= 11 is 0. The fourth-order valence-electron chi connectivity index (χ4n) is 0.975. The summed E-state index contributed by atoms with van der Waals surface area (Å²) in [7, 11) is 2.92. The third kappa shape index (κ3) is 5.58. The zero-order valence-electron chi connectivity index (χ0n) is 10.9. The monoisotopic (exact) mass is 231 g/mol. The van der Waals surface area contributed by atoms with Gasteiger partial charge in [-0.2, -0.15) is 0 Å². The van der Waals surface area contributed by atoms with Crippen LogP contribution in [0.2, 0.25) is 0 Å². The molecule has 0 spiro atoms. The van der Waals surface area contributed by atoms with Crippen molar-refractivity contribution in [1.29, 1.82) is 0 Å². The molecule has 0 aromatic rings. The average Bonchev–Trinajstić information content (AvgIpc) is 2.13. The number of ether oxygens (including phenoxy) is 2. The Labute approximate surface area is 96.7 Å². The summed E-state index contributed by atoms with van der Waals surface area (Å²) in [5.41, 5.74) is -0.531. The van der Waals surface area contributed by atoms with Crippen LogP contribution >= 0.6 is 0 Å². The number of hydrogen-bond donors (Lipinski definition) is 0. The van der Waals surface area contributed by atoms with Crippen LogP contribution in [0.25, 0.3) is 0 Å². The van der Waals surface area contributed by atoms with E-state index in [-0.39, 0.29) is 18.4 Å². The molecule has 0 saturated heterocycles. The second kappa shape index (κ2) is 5.72. The Kier molecular flexibility index (Phi) is 5.27. The highest BCUT2D eigenvalue weighted by Crippen LogP contribution is 2.12. The Bertz CT molecular complexity index is 257. The first-order valence-corrected chi connectivity index (χ1v) is 5.20. The molecule has 16 heavy (non-hydrogen) atoms. The van der Waals surface area contributed by atoms with E-state index >= 15 is 0 Å². The lowest BCUT2D eigenvalue weighted by Gasteiger charge is -2.28. The number of nitrogens with zero attached hydrogens (tertiary/aromatic N) is 1. The molecule has 0 aliphatic heterocycles. The van der Waals surface area contributed by atoms with Gasteiger partial charge in [0.05, 0.1) is 13.5 Å². The summed E-state index contributed by atoms with van der Waals surface area (Å²) in [6.07, 6.45) is -0.282. The van der Waals surface area contributed by atoms with Crippen LogP contribution in [-0.2, 0) is 14.3 Å². The molecule has 1 amide bonds. The maximum atomic E-state index is 11.6. The Morgan fingerprint density at radius 3 is 2.19 bits per heavy atom. The average molecular weight is 231 g/mol. The van der Waals surface area contributed by atoms with E-state index in [1.807, 2.05) is 0 Å². The van der Waals surface area contributed by atoms with E-state index < -0.39 is 11.7 Å². The summed E-state index contributed by atoms with van der Waals surface area (Å²) < 4.78 is 9.70. The summed E-state index contributed by atoms with van der Waals surface area (Å²) in [6, 6.07) is -0.248. The van der Waals surface area contributed by atoms with E-state index in [9.17, 15) is 9.59 Å². The van der Waals surface area contributed by atoms with Crippen LogP contribution in [-0.4, -0.2) is 42.8 Å². The van der Waals surface area contributed by atoms with Crippen molar-refractivity contribution in [2.75, 3.05) is 14.2 Å². The topological polar surface area (TPSA) is 55.8 Å². The first-order chi connectivity index (χ1) is 7.17. The number of carbonyl (C=O) groups excluding carboxylic acids is 2. The molecule has 0 rings (SSSR count). The largest absolute Gasteiger partial charge is 0.469 e. The predicted octanol–water partition coefficient (Wildman–Crippen LogP) is 1.80. The fraction of sp³-hybridized carbons (Fsp3) is 0.818. The Balaban J connectivity index is 4.27. The van der Waals surface area contributed by atoms with Crippen LogP contribution in [0.15, 0.2) is 0 Å². The quantitative estimate of drug-likeness (QED) is 0.695. The maximum Gasteiger partial charge on any atom is 0.410 e.